The number of hydrogen-bond donors (Lipinski definition) is 1. The Morgan fingerprint density at radius 2 is 2.24 bits per heavy atom. The molecule has 0 radical (unpaired) electrons. The third-order valence-corrected chi connectivity index (χ3v) is 2.75. The molecule has 0 saturated heterocycles. The molecule has 21 heavy (non-hydrogen) atoms. The SMILES string of the molecule is CCCNc1ncc(C)c(Oc2cccc(F)c2C#N)n1. The van der Waals surface area contributed by atoms with Crippen LogP contribution in [0.5, 0.6) is 11.6 Å². The lowest BCUT2D eigenvalue weighted by molar-refractivity contribution is 0.451. The number of benzene rings is 1. The number of ether oxygens (including phenoxy) is 1. The minimum atomic E-state index is -0.619. The lowest BCUT2D eigenvalue weighted by Gasteiger charge is -2.10. The summed E-state index contributed by atoms with van der Waals surface area (Å²) in [6.45, 7) is 4.56. The second kappa shape index (κ2) is 6.66. The first-order chi connectivity index (χ1) is 10.2. The van der Waals surface area contributed by atoms with Gasteiger partial charge in [0, 0.05) is 18.3 Å². The average Bonchev–Trinajstić information content (AvgIpc) is 2.48. The number of rotatable bonds is 5. The number of nitrogens with zero attached hydrogens (tertiary/aromatic N) is 3. The molecule has 0 spiro atoms. The Hall–Kier alpha value is -2.68. The smallest absolute Gasteiger partial charge is 0.227 e. The third kappa shape index (κ3) is 3.45. The number of nitrogens with one attached hydrogen (secondary N) is 1. The van der Waals surface area contributed by atoms with Crippen molar-refractivity contribution in [1.29, 1.82) is 5.26 Å². The molecule has 1 aromatic heterocycles. The molecule has 1 aromatic carbocycles. The zero-order valence-electron chi connectivity index (χ0n) is 11.9. The molecule has 0 atom stereocenters. The van der Waals surface area contributed by atoms with Crippen molar-refractivity contribution in [2.45, 2.75) is 20.3 Å². The monoisotopic (exact) mass is 286 g/mol. The molecular weight excluding hydrogens is 271 g/mol. The number of anilines is 1. The van der Waals surface area contributed by atoms with Gasteiger partial charge in [-0.05, 0) is 25.5 Å². The van der Waals surface area contributed by atoms with Crippen molar-refractivity contribution in [3.8, 4) is 17.7 Å². The maximum Gasteiger partial charge on any atom is 0.227 e. The van der Waals surface area contributed by atoms with Crippen molar-refractivity contribution in [2.75, 3.05) is 11.9 Å². The molecule has 1 N–H and O–H groups in total. The molecule has 108 valence electrons. The minimum Gasteiger partial charge on any atom is -0.437 e. The highest BCUT2D eigenvalue weighted by Crippen LogP contribution is 2.27. The number of halogens is 1. The number of nitriles is 1. The summed E-state index contributed by atoms with van der Waals surface area (Å²) in [6, 6.07) is 6.02. The van der Waals surface area contributed by atoms with Crippen LogP contribution in [0.4, 0.5) is 10.3 Å². The van der Waals surface area contributed by atoms with Crippen LogP contribution in [0.25, 0.3) is 0 Å². The largest absolute Gasteiger partial charge is 0.437 e. The van der Waals surface area contributed by atoms with Crippen LogP contribution in [0.3, 0.4) is 0 Å². The van der Waals surface area contributed by atoms with Gasteiger partial charge in [-0.1, -0.05) is 13.0 Å². The van der Waals surface area contributed by atoms with Gasteiger partial charge in [0.05, 0.1) is 0 Å². The number of aryl methyl sites for hydroxylation is 1. The van der Waals surface area contributed by atoms with Crippen molar-refractivity contribution in [1.82, 2.24) is 9.97 Å². The van der Waals surface area contributed by atoms with Crippen LogP contribution in [0, 0.1) is 24.1 Å². The zero-order valence-corrected chi connectivity index (χ0v) is 11.9. The van der Waals surface area contributed by atoms with E-state index in [-0.39, 0.29) is 11.3 Å². The topological polar surface area (TPSA) is 70.8 Å². The minimum absolute atomic E-state index is 0.140. The standard InChI is InChI=1S/C15H15FN4O/c1-3-7-18-15-19-9-10(2)14(20-15)21-13-6-4-5-12(16)11(13)8-17/h4-6,9H,3,7H2,1-2H3,(H,18,19,20). The van der Waals surface area contributed by atoms with Crippen LogP contribution < -0.4 is 10.1 Å². The molecule has 0 saturated carbocycles. The van der Waals surface area contributed by atoms with Gasteiger partial charge in [-0.3, -0.25) is 0 Å². The first kappa shape index (κ1) is 14.7. The summed E-state index contributed by atoms with van der Waals surface area (Å²) in [5, 5.41) is 12.0. The predicted octanol–water partition coefficient (Wildman–Crippen LogP) is 3.41. The maximum absolute atomic E-state index is 13.6. The predicted molar refractivity (Wildman–Crippen MR) is 76.7 cm³/mol. The highest BCUT2D eigenvalue weighted by molar-refractivity contribution is 5.46. The molecule has 6 heteroatoms. The summed E-state index contributed by atoms with van der Waals surface area (Å²) in [5.74, 6) is 0.254. The average molecular weight is 286 g/mol. The maximum atomic E-state index is 13.6. The van der Waals surface area contributed by atoms with Gasteiger partial charge < -0.3 is 10.1 Å². The van der Waals surface area contributed by atoms with E-state index in [0.29, 0.717) is 17.4 Å². The third-order valence-electron chi connectivity index (χ3n) is 2.75. The summed E-state index contributed by atoms with van der Waals surface area (Å²) in [6.07, 6.45) is 2.56. The molecule has 0 aliphatic carbocycles. The first-order valence-corrected chi connectivity index (χ1v) is 6.59. The van der Waals surface area contributed by atoms with Crippen LogP contribution in [-0.4, -0.2) is 16.5 Å². The molecule has 0 unspecified atom stereocenters. The molecular formula is C15H15FN4O. The highest BCUT2D eigenvalue weighted by atomic mass is 19.1. The van der Waals surface area contributed by atoms with Crippen LogP contribution in [0.2, 0.25) is 0 Å². The van der Waals surface area contributed by atoms with Crippen molar-refractivity contribution >= 4 is 5.95 Å². The van der Waals surface area contributed by atoms with Gasteiger partial charge in [-0.15, -0.1) is 0 Å². The van der Waals surface area contributed by atoms with Crippen molar-refractivity contribution in [2.24, 2.45) is 0 Å². The lowest BCUT2D eigenvalue weighted by Crippen LogP contribution is -2.05. The molecule has 1 heterocycles. The molecule has 0 aliphatic heterocycles. The highest BCUT2D eigenvalue weighted by Gasteiger charge is 2.12. The summed E-state index contributed by atoms with van der Waals surface area (Å²) in [4.78, 5) is 8.37. The van der Waals surface area contributed by atoms with E-state index in [0.717, 1.165) is 13.0 Å². The van der Waals surface area contributed by atoms with E-state index in [2.05, 4.69) is 15.3 Å². The Bertz CT molecular complexity index is 682. The normalized spacial score (nSPS) is 10.0. The fraction of sp³-hybridized carbons (Fsp3) is 0.267. The van der Waals surface area contributed by atoms with Crippen LogP contribution in [0.1, 0.15) is 24.5 Å². The quantitative estimate of drug-likeness (QED) is 0.912. The van der Waals surface area contributed by atoms with Gasteiger partial charge in [0.1, 0.15) is 23.2 Å². The van der Waals surface area contributed by atoms with E-state index < -0.39 is 5.82 Å². The van der Waals surface area contributed by atoms with Crippen molar-refractivity contribution in [3.05, 3.63) is 41.3 Å². The van der Waals surface area contributed by atoms with Gasteiger partial charge in [0.2, 0.25) is 11.8 Å². The lowest BCUT2D eigenvalue weighted by atomic mass is 10.2. The number of hydrogen-bond acceptors (Lipinski definition) is 5. The zero-order chi connectivity index (χ0) is 15.2. The van der Waals surface area contributed by atoms with E-state index in [1.165, 1.54) is 18.2 Å². The molecule has 0 amide bonds. The second-order valence-corrected chi connectivity index (χ2v) is 4.44. The van der Waals surface area contributed by atoms with Crippen molar-refractivity contribution in [3.63, 3.8) is 0 Å². The van der Waals surface area contributed by atoms with Gasteiger partial charge in [0.25, 0.3) is 0 Å². The molecule has 2 rings (SSSR count). The van der Waals surface area contributed by atoms with E-state index in [9.17, 15) is 4.39 Å². The summed E-state index contributed by atoms with van der Waals surface area (Å²) < 4.78 is 19.1. The van der Waals surface area contributed by atoms with E-state index in [1.807, 2.05) is 6.92 Å². The number of aromatic nitrogens is 2. The Morgan fingerprint density at radius 3 is 2.95 bits per heavy atom. The fourth-order valence-electron chi connectivity index (χ4n) is 1.65. The van der Waals surface area contributed by atoms with E-state index in [4.69, 9.17) is 10.00 Å². The Labute approximate surface area is 122 Å². The van der Waals surface area contributed by atoms with Crippen LogP contribution in [0.15, 0.2) is 24.4 Å². The van der Waals surface area contributed by atoms with E-state index >= 15 is 0 Å². The first-order valence-electron chi connectivity index (χ1n) is 6.59. The Kier molecular flexibility index (Phi) is 4.67. The summed E-state index contributed by atoms with van der Waals surface area (Å²) >= 11 is 0. The van der Waals surface area contributed by atoms with Gasteiger partial charge >= 0.3 is 0 Å². The van der Waals surface area contributed by atoms with Crippen LogP contribution >= 0.6 is 0 Å². The Morgan fingerprint density at radius 1 is 1.43 bits per heavy atom. The molecule has 0 bridgehead atoms. The fourth-order valence-corrected chi connectivity index (χ4v) is 1.65. The molecule has 5 nitrogen and oxygen atoms in total. The Balaban J connectivity index is 2.31. The summed E-state index contributed by atoms with van der Waals surface area (Å²) in [7, 11) is 0. The molecule has 2 aromatic rings. The van der Waals surface area contributed by atoms with Crippen molar-refractivity contribution < 1.29 is 9.13 Å². The van der Waals surface area contributed by atoms with Gasteiger partial charge in [-0.25, -0.2) is 9.37 Å². The second-order valence-electron chi connectivity index (χ2n) is 4.44. The molecule has 0 fully saturated rings. The van der Waals surface area contributed by atoms with Gasteiger partial charge in [0.15, 0.2) is 0 Å². The van der Waals surface area contributed by atoms with E-state index in [1.54, 1.807) is 19.2 Å². The molecule has 0 aliphatic rings. The van der Waals surface area contributed by atoms with Gasteiger partial charge in [-0.2, -0.15) is 10.2 Å². The summed E-state index contributed by atoms with van der Waals surface area (Å²) in [5.41, 5.74) is 0.559. The van der Waals surface area contributed by atoms with Crippen LogP contribution in [-0.2, 0) is 0 Å².